The van der Waals surface area contributed by atoms with Crippen molar-refractivity contribution in [3.63, 3.8) is 0 Å². The molecule has 0 bridgehead atoms. The molecule has 7 nitrogen and oxygen atoms in total. The van der Waals surface area contributed by atoms with Crippen molar-refractivity contribution in [3.05, 3.63) is 41.8 Å². The highest BCUT2D eigenvalue weighted by Gasteiger charge is 2.23. The van der Waals surface area contributed by atoms with Crippen molar-refractivity contribution >= 4 is 17.5 Å². The van der Waals surface area contributed by atoms with Crippen LogP contribution in [0.5, 0.6) is 0 Å². The lowest BCUT2D eigenvalue weighted by Gasteiger charge is -2.01. The third-order valence-electron chi connectivity index (χ3n) is 2.97. The topological polar surface area (TPSA) is 102 Å². The van der Waals surface area contributed by atoms with E-state index < -0.39 is 5.97 Å². The minimum absolute atomic E-state index is 0.116. The van der Waals surface area contributed by atoms with Crippen LogP contribution in [0.3, 0.4) is 0 Å². The Morgan fingerprint density at radius 3 is 2.82 bits per heavy atom. The number of nitrogens with zero attached hydrogens (tertiary/aromatic N) is 4. The number of aromatic nitrogens is 3. The Kier molecular flexibility index (Phi) is 3.64. The van der Waals surface area contributed by atoms with Crippen LogP contribution in [0, 0.1) is 11.3 Å². The number of methoxy groups -OCH3 is 1. The van der Waals surface area contributed by atoms with E-state index in [1.54, 1.807) is 24.3 Å². The van der Waals surface area contributed by atoms with E-state index in [0.717, 1.165) is 17.1 Å². The van der Waals surface area contributed by atoms with Gasteiger partial charge in [0.05, 0.1) is 29.2 Å². The summed E-state index contributed by atoms with van der Waals surface area (Å²) in [4.78, 5) is 12.2. The number of hydrogen-bond donors (Lipinski definition) is 0. The van der Waals surface area contributed by atoms with E-state index in [0.29, 0.717) is 21.7 Å². The van der Waals surface area contributed by atoms with Gasteiger partial charge in [0, 0.05) is 5.56 Å². The predicted octanol–water partition coefficient (Wildman–Crippen LogP) is 2.52. The molecule has 0 N–H and O–H groups in total. The van der Waals surface area contributed by atoms with Crippen molar-refractivity contribution in [1.29, 1.82) is 5.26 Å². The molecule has 0 unspecified atom stereocenters. The standard InChI is InChI=1S/C14H8N4O3S/c1-20-14(19)12-13(22-18-16-12)10-7-21-17-11(10)9-4-2-8(6-15)3-5-9/h2-5,7H,1H3. The monoisotopic (exact) mass is 312 g/mol. The van der Waals surface area contributed by atoms with Crippen molar-refractivity contribution in [2.45, 2.75) is 0 Å². The van der Waals surface area contributed by atoms with Gasteiger partial charge < -0.3 is 9.26 Å². The fourth-order valence-corrected chi connectivity index (χ4v) is 2.56. The molecule has 0 aliphatic heterocycles. The van der Waals surface area contributed by atoms with Crippen molar-refractivity contribution in [1.82, 2.24) is 14.7 Å². The summed E-state index contributed by atoms with van der Waals surface area (Å²) in [5, 5.41) is 16.6. The van der Waals surface area contributed by atoms with Crippen LogP contribution in [0.25, 0.3) is 21.7 Å². The summed E-state index contributed by atoms with van der Waals surface area (Å²) in [6.45, 7) is 0. The van der Waals surface area contributed by atoms with Gasteiger partial charge in [0.1, 0.15) is 12.0 Å². The number of hydrogen-bond acceptors (Lipinski definition) is 8. The number of rotatable bonds is 3. The first-order valence-electron chi connectivity index (χ1n) is 6.10. The van der Waals surface area contributed by atoms with E-state index >= 15 is 0 Å². The average molecular weight is 312 g/mol. The molecule has 0 amide bonds. The molecule has 2 aromatic heterocycles. The molecule has 2 heterocycles. The number of carbonyl (C=O) groups excluding carboxylic acids is 1. The van der Waals surface area contributed by atoms with Gasteiger partial charge in [-0.1, -0.05) is 21.8 Å². The van der Waals surface area contributed by atoms with Crippen LogP contribution in [0.15, 0.2) is 35.1 Å². The predicted molar refractivity (Wildman–Crippen MR) is 76.9 cm³/mol. The Labute approximate surface area is 128 Å². The highest BCUT2D eigenvalue weighted by atomic mass is 32.1. The summed E-state index contributed by atoms with van der Waals surface area (Å²) in [5.41, 5.74) is 2.56. The maximum absolute atomic E-state index is 11.7. The van der Waals surface area contributed by atoms with Crippen molar-refractivity contribution in [3.8, 4) is 27.8 Å². The summed E-state index contributed by atoms with van der Waals surface area (Å²) in [6, 6.07) is 8.92. The molecule has 22 heavy (non-hydrogen) atoms. The summed E-state index contributed by atoms with van der Waals surface area (Å²) in [7, 11) is 1.28. The Hall–Kier alpha value is -3.05. The highest BCUT2D eigenvalue weighted by Crippen LogP contribution is 2.34. The van der Waals surface area contributed by atoms with Crippen molar-refractivity contribution in [2.24, 2.45) is 0 Å². The smallest absolute Gasteiger partial charge is 0.360 e. The van der Waals surface area contributed by atoms with Crippen LogP contribution in [0.2, 0.25) is 0 Å². The first kappa shape index (κ1) is 13.9. The van der Waals surface area contributed by atoms with Gasteiger partial charge in [0.25, 0.3) is 0 Å². The molecule has 0 spiro atoms. The van der Waals surface area contributed by atoms with Crippen LogP contribution >= 0.6 is 11.5 Å². The normalized spacial score (nSPS) is 10.2. The molecule has 0 aliphatic rings. The number of carbonyl (C=O) groups is 1. The Bertz CT molecular complexity index is 861. The number of ether oxygens (including phenoxy) is 1. The zero-order valence-electron chi connectivity index (χ0n) is 11.3. The lowest BCUT2D eigenvalue weighted by Crippen LogP contribution is -2.03. The molecule has 1 aromatic carbocycles. The quantitative estimate of drug-likeness (QED) is 0.685. The molecule has 0 saturated carbocycles. The SMILES string of the molecule is COC(=O)c1nnsc1-c1conc1-c1ccc(C#N)cc1. The van der Waals surface area contributed by atoms with E-state index in [9.17, 15) is 4.79 Å². The Balaban J connectivity index is 2.08. The Morgan fingerprint density at radius 1 is 1.36 bits per heavy atom. The zero-order chi connectivity index (χ0) is 15.5. The van der Waals surface area contributed by atoms with Crippen molar-refractivity contribution in [2.75, 3.05) is 7.11 Å². The van der Waals surface area contributed by atoms with Crippen LogP contribution in [-0.2, 0) is 4.74 Å². The van der Waals surface area contributed by atoms with Crippen molar-refractivity contribution < 1.29 is 14.1 Å². The fraction of sp³-hybridized carbons (Fsp3) is 0.0714. The van der Waals surface area contributed by atoms with E-state index in [-0.39, 0.29) is 5.69 Å². The molecule has 0 atom stereocenters. The number of benzene rings is 1. The first-order chi connectivity index (χ1) is 10.7. The van der Waals surface area contributed by atoms with Gasteiger partial charge >= 0.3 is 5.97 Å². The summed E-state index contributed by atoms with van der Waals surface area (Å²) in [6.07, 6.45) is 1.43. The molecular formula is C14H8N4O3S. The maximum atomic E-state index is 11.7. The molecule has 0 aliphatic carbocycles. The maximum Gasteiger partial charge on any atom is 0.360 e. The summed E-state index contributed by atoms with van der Waals surface area (Å²) >= 11 is 1.05. The molecule has 0 fully saturated rings. The third-order valence-corrected chi connectivity index (χ3v) is 3.73. The van der Waals surface area contributed by atoms with Gasteiger partial charge in [-0.15, -0.1) is 5.10 Å². The minimum atomic E-state index is -0.573. The minimum Gasteiger partial charge on any atom is -0.464 e. The largest absolute Gasteiger partial charge is 0.464 e. The first-order valence-corrected chi connectivity index (χ1v) is 6.88. The molecule has 3 rings (SSSR count). The van der Waals surface area contributed by atoms with Crippen LogP contribution in [-0.4, -0.2) is 27.8 Å². The van der Waals surface area contributed by atoms with E-state index in [1.807, 2.05) is 0 Å². The lowest BCUT2D eigenvalue weighted by molar-refractivity contribution is 0.0595. The van der Waals surface area contributed by atoms with Gasteiger partial charge in [-0.3, -0.25) is 0 Å². The Morgan fingerprint density at radius 2 is 2.14 bits per heavy atom. The number of nitriles is 1. The second-order valence-corrected chi connectivity index (χ2v) is 4.96. The number of esters is 1. The highest BCUT2D eigenvalue weighted by molar-refractivity contribution is 7.09. The van der Waals surface area contributed by atoms with Crippen LogP contribution in [0.4, 0.5) is 0 Å². The second kappa shape index (κ2) is 5.75. The fourth-order valence-electron chi connectivity index (χ4n) is 1.91. The molecule has 0 radical (unpaired) electrons. The van der Waals surface area contributed by atoms with E-state index in [2.05, 4.69) is 25.5 Å². The zero-order valence-corrected chi connectivity index (χ0v) is 12.1. The molecular weight excluding hydrogens is 304 g/mol. The lowest BCUT2D eigenvalue weighted by atomic mass is 10.0. The average Bonchev–Trinajstić information content (AvgIpc) is 3.22. The molecule has 108 valence electrons. The van der Waals surface area contributed by atoms with Gasteiger partial charge in [-0.2, -0.15) is 5.26 Å². The third kappa shape index (κ3) is 2.34. The van der Waals surface area contributed by atoms with E-state index in [1.165, 1.54) is 13.4 Å². The molecule has 3 aromatic rings. The van der Waals surface area contributed by atoms with Crippen LogP contribution in [0.1, 0.15) is 16.1 Å². The summed E-state index contributed by atoms with van der Waals surface area (Å²) < 4.78 is 13.5. The van der Waals surface area contributed by atoms with Gasteiger partial charge in [0.15, 0.2) is 5.69 Å². The van der Waals surface area contributed by atoms with Gasteiger partial charge in [-0.25, -0.2) is 4.79 Å². The summed E-state index contributed by atoms with van der Waals surface area (Å²) in [5.74, 6) is -0.573. The second-order valence-electron chi connectivity index (χ2n) is 4.21. The van der Waals surface area contributed by atoms with E-state index in [4.69, 9.17) is 9.78 Å². The van der Waals surface area contributed by atoms with Gasteiger partial charge in [0.2, 0.25) is 0 Å². The molecule has 8 heteroatoms. The van der Waals surface area contributed by atoms with Crippen LogP contribution < -0.4 is 0 Å². The molecule has 0 saturated heterocycles. The van der Waals surface area contributed by atoms with Gasteiger partial charge in [-0.05, 0) is 23.7 Å².